The Balaban J connectivity index is 1.33. The molecule has 2 fully saturated rings. The Bertz CT molecular complexity index is 475. The molecule has 3 atom stereocenters. The summed E-state index contributed by atoms with van der Waals surface area (Å²) in [5.74, 6) is 1.21. The Kier molecular flexibility index (Phi) is 12.6. The van der Waals surface area contributed by atoms with E-state index in [2.05, 4.69) is 22.9 Å². The first kappa shape index (κ1) is 24.4. The second-order valence-corrected chi connectivity index (χ2v) is 10.0. The van der Waals surface area contributed by atoms with E-state index in [4.69, 9.17) is 0 Å². The van der Waals surface area contributed by atoms with Gasteiger partial charge in [-0.3, -0.25) is 4.79 Å². The molecule has 0 unspecified atom stereocenters. The molecule has 2 aliphatic rings. The zero-order valence-electron chi connectivity index (χ0n) is 18.5. The van der Waals surface area contributed by atoms with Gasteiger partial charge in [0.15, 0.2) is 0 Å². The number of carbonyl (C=O) groups is 2. The van der Waals surface area contributed by atoms with Crippen LogP contribution in [0.2, 0.25) is 0 Å². The average molecular weight is 426 g/mol. The van der Waals surface area contributed by atoms with E-state index in [1.165, 1.54) is 64.2 Å². The Morgan fingerprint density at radius 3 is 2.28 bits per heavy atom. The SMILES string of the molecule is CCCCCCCCCCCCCNC(=O)CCCC[C@@H]1SC[C@@H]2NC(=O)N[C@@H]21. The maximum absolute atomic E-state index is 12.0. The molecule has 0 spiro atoms. The number of amides is 3. The average Bonchev–Trinajstić information content (AvgIpc) is 3.25. The molecule has 29 heavy (non-hydrogen) atoms. The molecule has 6 heteroatoms. The fourth-order valence-electron chi connectivity index (χ4n) is 4.38. The maximum Gasteiger partial charge on any atom is 0.315 e. The van der Waals surface area contributed by atoms with Gasteiger partial charge in [0.05, 0.1) is 12.1 Å². The van der Waals surface area contributed by atoms with Crippen LogP contribution in [0.3, 0.4) is 0 Å². The van der Waals surface area contributed by atoms with Crippen LogP contribution in [0.1, 0.15) is 103 Å². The van der Waals surface area contributed by atoms with Crippen LogP contribution < -0.4 is 16.0 Å². The molecule has 0 aromatic rings. The third-order valence-electron chi connectivity index (χ3n) is 6.18. The molecule has 0 aromatic heterocycles. The van der Waals surface area contributed by atoms with Crippen LogP contribution in [0.25, 0.3) is 0 Å². The number of urea groups is 1. The predicted octanol–water partition coefficient (Wildman–Crippen LogP) is 5.14. The van der Waals surface area contributed by atoms with Gasteiger partial charge < -0.3 is 16.0 Å². The first-order valence-corrected chi connectivity index (χ1v) is 13.2. The Morgan fingerprint density at radius 1 is 0.931 bits per heavy atom. The quantitative estimate of drug-likeness (QED) is 0.223. The summed E-state index contributed by atoms with van der Waals surface area (Å²) in [7, 11) is 0. The van der Waals surface area contributed by atoms with Crippen molar-refractivity contribution in [2.75, 3.05) is 12.3 Å². The van der Waals surface area contributed by atoms with Crippen molar-refractivity contribution in [2.24, 2.45) is 0 Å². The molecular weight excluding hydrogens is 382 g/mol. The summed E-state index contributed by atoms with van der Waals surface area (Å²) in [5, 5.41) is 9.58. The van der Waals surface area contributed by atoms with Gasteiger partial charge in [0.1, 0.15) is 0 Å². The summed E-state index contributed by atoms with van der Waals surface area (Å²) in [4.78, 5) is 23.4. The summed E-state index contributed by atoms with van der Waals surface area (Å²) in [5.41, 5.74) is 0. The minimum atomic E-state index is -0.0212. The molecule has 3 amide bonds. The zero-order valence-corrected chi connectivity index (χ0v) is 19.3. The molecule has 168 valence electrons. The molecule has 2 saturated heterocycles. The van der Waals surface area contributed by atoms with Gasteiger partial charge in [-0.25, -0.2) is 4.79 Å². The van der Waals surface area contributed by atoms with E-state index in [0.717, 1.165) is 38.0 Å². The predicted molar refractivity (Wildman–Crippen MR) is 123 cm³/mol. The van der Waals surface area contributed by atoms with Crippen molar-refractivity contribution in [1.82, 2.24) is 16.0 Å². The summed E-state index contributed by atoms with van der Waals surface area (Å²) in [6.45, 7) is 3.10. The minimum absolute atomic E-state index is 0.0212. The Hall–Kier alpha value is -0.910. The normalized spacial score (nSPS) is 22.9. The second kappa shape index (κ2) is 15.0. The number of unbranched alkanes of at least 4 members (excludes halogenated alkanes) is 11. The molecule has 3 N–H and O–H groups in total. The highest BCUT2D eigenvalue weighted by molar-refractivity contribution is 8.00. The van der Waals surface area contributed by atoms with Crippen LogP contribution in [0, 0.1) is 0 Å². The number of nitrogens with one attached hydrogen (secondary N) is 3. The summed E-state index contributed by atoms with van der Waals surface area (Å²) in [6.07, 6.45) is 18.4. The topological polar surface area (TPSA) is 70.2 Å². The fourth-order valence-corrected chi connectivity index (χ4v) is 5.92. The van der Waals surface area contributed by atoms with E-state index < -0.39 is 0 Å². The molecule has 2 rings (SSSR count). The van der Waals surface area contributed by atoms with E-state index in [0.29, 0.717) is 17.7 Å². The molecule has 0 radical (unpaired) electrons. The number of hydrogen-bond donors (Lipinski definition) is 3. The van der Waals surface area contributed by atoms with Crippen molar-refractivity contribution < 1.29 is 9.59 Å². The van der Waals surface area contributed by atoms with Crippen LogP contribution >= 0.6 is 11.8 Å². The second-order valence-electron chi connectivity index (χ2n) is 8.75. The van der Waals surface area contributed by atoms with E-state index in [9.17, 15) is 9.59 Å². The number of fused-ring (bicyclic) bond motifs is 1. The third-order valence-corrected chi connectivity index (χ3v) is 7.69. The first-order chi connectivity index (χ1) is 14.2. The van der Waals surface area contributed by atoms with Crippen LogP contribution in [-0.2, 0) is 4.79 Å². The summed E-state index contributed by atoms with van der Waals surface area (Å²) in [6, 6.07) is 0.557. The largest absolute Gasteiger partial charge is 0.356 e. The van der Waals surface area contributed by atoms with Crippen molar-refractivity contribution in [3.05, 3.63) is 0 Å². The van der Waals surface area contributed by atoms with E-state index >= 15 is 0 Å². The number of carbonyl (C=O) groups excluding carboxylic acids is 2. The van der Waals surface area contributed by atoms with Crippen molar-refractivity contribution in [1.29, 1.82) is 0 Å². The Morgan fingerprint density at radius 2 is 1.59 bits per heavy atom. The fraction of sp³-hybridized carbons (Fsp3) is 0.913. The van der Waals surface area contributed by atoms with E-state index in [1.807, 2.05) is 11.8 Å². The lowest BCUT2D eigenvalue weighted by atomic mass is 10.0. The van der Waals surface area contributed by atoms with Crippen molar-refractivity contribution in [3.63, 3.8) is 0 Å². The van der Waals surface area contributed by atoms with Crippen LogP contribution in [0.15, 0.2) is 0 Å². The number of thioether (sulfide) groups is 1. The van der Waals surface area contributed by atoms with Gasteiger partial charge in [-0.15, -0.1) is 0 Å². The standard InChI is InChI=1S/C23H43N3O2S/c1-2-3-4-5-6-7-8-9-10-11-14-17-24-21(27)16-13-12-15-20-22-19(18-29-20)25-23(28)26-22/h19-20,22H,2-18H2,1H3,(H,24,27)(H2,25,26,28)/t19-,20-,22-/m0/s1. The molecule has 0 saturated carbocycles. The lowest BCUT2D eigenvalue weighted by Crippen LogP contribution is -2.36. The zero-order chi connectivity index (χ0) is 20.7. The van der Waals surface area contributed by atoms with Gasteiger partial charge in [-0.05, 0) is 19.3 Å². The van der Waals surface area contributed by atoms with Gasteiger partial charge in [0.25, 0.3) is 0 Å². The highest BCUT2D eigenvalue weighted by Crippen LogP contribution is 2.33. The number of hydrogen-bond acceptors (Lipinski definition) is 3. The molecule has 5 nitrogen and oxygen atoms in total. The summed E-state index contributed by atoms with van der Waals surface area (Å²) < 4.78 is 0. The highest BCUT2D eigenvalue weighted by atomic mass is 32.2. The molecule has 0 aromatic carbocycles. The van der Waals surface area contributed by atoms with E-state index in [1.54, 1.807) is 0 Å². The minimum Gasteiger partial charge on any atom is -0.356 e. The molecule has 2 aliphatic heterocycles. The molecule has 2 heterocycles. The third kappa shape index (κ3) is 10.1. The van der Waals surface area contributed by atoms with Gasteiger partial charge in [0.2, 0.25) is 5.91 Å². The van der Waals surface area contributed by atoms with Gasteiger partial charge in [-0.1, -0.05) is 77.6 Å². The van der Waals surface area contributed by atoms with Crippen LogP contribution in [0.4, 0.5) is 4.79 Å². The van der Waals surface area contributed by atoms with E-state index in [-0.39, 0.29) is 18.0 Å². The highest BCUT2D eigenvalue weighted by Gasteiger charge is 2.42. The van der Waals surface area contributed by atoms with Crippen molar-refractivity contribution in [2.45, 2.75) is 121 Å². The van der Waals surface area contributed by atoms with Gasteiger partial charge in [0, 0.05) is 24.0 Å². The monoisotopic (exact) mass is 425 g/mol. The smallest absolute Gasteiger partial charge is 0.315 e. The summed E-state index contributed by atoms with van der Waals surface area (Å²) >= 11 is 1.95. The van der Waals surface area contributed by atoms with Gasteiger partial charge >= 0.3 is 6.03 Å². The lowest BCUT2D eigenvalue weighted by molar-refractivity contribution is -0.121. The van der Waals surface area contributed by atoms with Crippen LogP contribution in [0.5, 0.6) is 0 Å². The molecular formula is C23H43N3O2S. The first-order valence-electron chi connectivity index (χ1n) is 12.2. The lowest BCUT2D eigenvalue weighted by Gasteiger charge is -2.16. The maximum atomic E-state index is 12.0. The van der Waals surface area contributed by atoms with Gasteiger partial charge in [-0.2, -0.15) is 11.8 Å². The van der Waals surface area contributed by atoms with Crippen molar-refractivity contribution >= 4 is 23.7 Å². The Labute approximate surface area is 182 Å². The molecule has 0 aliphatic carbocycles. The molecule has 0 bridgehead atoms. The number of rotatable bonds is 17. The van der Waals surface area contributed by atoms with Crippen molar-refractivity contribution in [3.8, 4) is 0 Å². The van der Waals surface area contributed by atoms with Crippen LogP contribution in [-0.4, -0.2) is 41.6 Å².